The van der Waals surface area contributed by atoms with E-state index in [4.69, 9.17) is 10.7 Å². The van der Waals surface area contributed by atoms with Gasteiger partial charge >= 0.3 is 0 Å². The van der Waals surface area contributed by atoms with Gasteiger partial charge in [0.05, 0.1) is 5.52 Å². The highest BCUT2D eigenvalue weighted by molar-refractivity contribution is 5.86. The first-order chi connectivity index (χ1) is 9.61. The number of hydrogen-bond acceptors (Lipinski definition) is 3. The number of nitrogens with zero attached hydrogens (tertiary/aromatic N) is 2. The molecular formula is C17H23N3. The molecule has 2 N–H and O–H groups in total. The summed E-state index contributed by atoms with van der Waals surface area (Å²) in [4.78, 5) is 7.41. The van der Waals surface area contributed by atoms with E-state index < -0.39 is 0 Å². The monoisotopic (exact) mass is 269 g/mol. The maximum atomic E-state index is 6.29. The highest BCUT2D eigenvalue weighted by Gasteiger charge is 2.23. The second-order valence-electron chi connectivity index (χ2n) is 5.83. The van der Waals surface area contributed by atoms with E-state index in [0.29, 0.717) is 0 Å². The number of aromatic nitrogens is 1. The van der Waals surface area contributed by atoms with Gasteiger partial charge in [-0.15, -0.1) is 0 Å². The summed E-state index contributed by atoms with van der Waals surface area (Å²) in [7, 11) is 0. The molecule has 0 saturated carbocycles. The molecule has 1 aromatic carbocycles. The minimum Gasteiger partial charge on any atom is -0.324 e. The fourth-order valence-electron chi connectivity index (χ4n) is 3.29. The largest absolute Gasteiger partial charge is 0.324 e. The van der Waals surface area contributed by atoms with Crippen LogP contribution >= 0.6 is 0 Å². The van der Waals surface area contributed by atoms with Crippen LogP contribution in [-0.2, 0) is 13.0 Å². The Kier molecular flexibility index (Phi) is 3.48. The zero-order valence-electron chi connectivity index (χ0n) is 12.6. The molecule has 1 unspecified atom stereocenters. The van der Waals surface area contributed by atoms with Crippen molar-refractivity contribution >= 4 is 10.9 Å². The number of aryl methyl sites for hydroxylation is 1. The highest BCUT2D eigenvalue weighted by atomic mass is 15.1. The van der Waals surface area contributed by atoms with Crippen LogP contribution in [0.2, 0.25) is 0 Å². The van der Waals surface area contributed by atoms with Crippen molar-refractivity contribution in [1.82, 2.24) is 9.88 Å². The van der Waals surface area contributed by atoms with Gasteiger partial charge < -0.3 is 5.73 Å². The van der Waals surface area contributed by atoms with Crippen LogP contribution in [0.4, 0.5) is 0 Å². The van der Waals surface area contributed by atoms with Crippen LogP contribution in [0.1, 0.15) is 42.3 Å². The molecule has 0 fully saturated rings. The Bertz CT molecular complexity index is 646. The summed E-state index contributed by atoms with van der Waals surface area (Å²) < 4.78 is 0. The number of nitrogens with two attached hydrogens (primary N) is 1. The lowest BCUT2D eigenvalue weighted by atomic mass is 9.91. The number of pyridine rings is 1. The number of likely N-dealkylation sites (N-methyl/N-ethyl adjacent to an activating group) is 1. The quantitative estimate of drug-likeness (QED) is 0.911. The fraction of sp³-hybridized carbons (Fsp3) is 0.471. The average molecular weight is 269 g/mol. The van der Waals surface area contributed by atoms with Crippen molar-refractivity contribution in [3.05, 3.63) is 40.6 Å². The molecule has 0 saturated heterocycles. The van der Waals surface area contributed by atoms with Gasteiger partial charge in [-0.2, -0.15) is 0 Å². The topological polar surface area (TPSA) is 42.2 Å². The zero-order valence-corrected chi connectivity index (χ0v) is 12.6. The number of hydrogen-bond donors (Lipinski definition) is 1. The molecule has 1 aliphatic heterocycles. The molecule has 0 amide bonds. The predicted octanol–water partition coefficient (Wildman–Crippen LogP) is 2.94. The normalized spacial score (nSPS) is 17.2. The van der Waals surface area contributed by atoms with Gasteiger partial charge in [-0.25, -0.2) is 0 Å². The van der Waals surface area contributed by atoms with Crippen molar-refractivity contribution in [2.75, 3.05) is 13.1 Å². The molecule has 0 bridgehead atoms. The molecule has 1 aromatic heterocycles. The SMILES string of the molecule is CCN1CCc2nc3c(C)cccc3c(C(C)N)c2C1. The molecule has 2 heterocycles. The molecule has 2 aromatic rings. The summed E-state index contributed by atoms with van der Waals surface area (Å²) in [5.74, 6) is 0. The highest BCUT2D eigenvalue weighted by Crippen LogP contribution is 2.32. The Labute approximate surface area is 120 Å². The molecule has 20 heavy (non-hydrogen) atoms. The third kappa shape index (κ3) is 2.11. The maximum Gasteiger partial charge on any atom is 0.0738 e. The first kappa shape index (κ1) is 13.5. The number of para-hydroxylation sites is 1. The van der Waals surface area contributed by atoms with E-state index in [0.717, 1.165) is 31.6 Å². The van der Waals surface area contributed by atoms with E-state index in [1.807, 2.05) is 0 Å². The Hall–Kier alpha value is -1.45. The smallest absolute Gasteiger partial charge is 0.0738 e. The fourth-order valence-corrected chi connectivity index (χ4v) is 3.29. The zero-order chi connectivity index (χ0) is 14.3. The lowest BCUT2D eigenvalue weighted by molar-refractivity contribution is 0.264. The van der Waals surface area contributed by atoms with Gasteiger partial charge in [-0.3, -0.25) is 9.88 Å². The molecule has 0 radical (unpaired) electrons. The molecule has 1 aliphatic rings. The van der Waals surface area contributed by atoms with Crippen molar-refractivity contribution in [1.29, 1.82) is 0 Å². The summed E-state index contributed by atoms with van der Waals surface area (Å²) >= 11 is 0. The first-order valence-electron chi connectivity index (χ1n) is 7.50. The van der Waals surface area contributed by atoms with Crippen LogP contribution in [0.3, 0.4) is 0 Å². The molecule has 0 spiro atoms. The van der Waals surface area contributed by atoms with Crippen LogP contribution < -0.4 is 5.73 Å². The van der Waals surface area contributed by atoms with E-state index >= 15 is 0 Å². The lowest BCUT2D eigenvalue weighted by Gasteiger charge is -2.30. The van der Waals surface area contributed by atoms with Gasteiger partial charge in [-0.1, -0.05) is 25.1 Å². The van der Waals surface area contributed by atoms with Crippen molar-refractivity contribution < 1.29 is 0 Å². The van der Waals surface area contributed by atoms with E-state index in [9.17, 15) is 0 Å². The number of rotatable bonds is 2. The van der Waals surface area contributed by atoms with Crippen LogP contribution in [0.5, 0.6) is 0 Å². The molecule has 106 valence electrons. The summed E-state index contributed by atoms with van der Waals surface area (Å²) in [5, 5.41) is 1.23. The van der Waals surface area contributed by atoms with Crippen LogP contribution in [0.15, 0.2) is 18.2 Å². The number of benzene rings is 1. The third-order valence-corrected chi connectivity index (χ3v) is 4.40. The van der Waals surface area contributed by atoms with E-state index in [-0.39, 0.29) is 6.04 Å². The van der Waals surface area contributed by atoms with E-state index in [1.165, 1.54) is 27.8 Å². The van der Waals surface area contributed by atoms with Gasteiger partial charge in [0, 0.05) is 36.6 Å². The van der Waals surface area contributed by atoms with Crippen LogP contribution in [0.25, 0.3) is 10.9 Å². The Morgan fingerprint density at radius 3 is 2.90 bits per heavy atom. The third-order valence-electron chi connectivity index (χ3n) is 4.40. The predicted molar refractivity (Wildman–Crippen MR) is 83.7 cm³/mol. The van der Waals surface area contributed by atoms with Crippen molar-refractivity contribution in [2.24, 2.45) is 5.73 Å². The summed E-state index contributed by atoms with van der Waals surface area (Å²) in [5.41, 5.74) is 12.6. The van der Waals surface area contributed by atoms with Gasteiger partial charge in [0.15, 0.2) is 0 Å². The van der Waals surface area contributed by atoms with Crippen molar-refractivity contribution in [2.45, 2.75) is 39.8 Å². The van der Waals surface area contributed by atoms with Crippen molar-refractivity contribution in [3.63, 3.8) is 0 Å². The maximum absolute atomic E-state index is 6.29. The molecule has 3 heteroatoms. The van der Waals surface area contributed by atoms with Crippen LogP contribution in [0, 0.1) is 6.92 Å². The average Bonchev–Trinajstić information content (AvgIpc) is 2.44. The minimum atomic E-state index is 0.0489. The Morgan fingerprint density at radius 1 is 1.40 bits per heavy atom. The summed E-state index contributed by atoms with van der Waals surface area (Å²) in [6.45, 7) is 9.61. The summed E-state index contributed by atoms with van der Waals surface area (Å²) in [6.07, 6.45) is 1.03. The Morgan fingerprint density at radius 2 is 2.20 bits per heavy atom. The molecular weight excluding hydrogens is 246 g/mol. The lowest BCUT2D eigenvalue weighted by Crippen LogP contribution is -2.32. The van der Waals surface area contributed by atoms with Gasteiger partial charge in [0.25, 0.3) is 0 Å². The van der Waals surface area contributed by atoms with E-state index in [1.54, 1.807) is 0 Å². The molecule has 3 nitrogen and oxygen atoms in total. The number of fused-ring (bicyclic) bond motifs is 2. The van der Waals surface area contributed by atoms with Gasteiger partial charge in [0.1, 0.15) is 0 Å². The summed E-state index contributed by atoms with van der Waals surface area (Å²) in [6, 6.07) is 6.46. The molecule has 3 rings (SSSR count). The Balaban J connectivity index is 2.29. The van der Waals surface area contributed by atoms with E-state index in [2.05, 4.69) is 43.9 Å². The minimum absolute atomic E-state index is 0.0489. The second kappa shape index (κ2) is 5.15. The molecule has 0 aliphatic carbocycles. The first-order valence-corrected chi connectivity index (χ1v) is 7.50. The van der Waals surface area contributed by atoms with Gasteiger partial charge in [-0.05, 0) is 37.1 Å². The van der Waals surface area contributed by atoms with Crippen molar-refractivity contribution in [3.8, 4) is 0 Å². The van der Waals surface area contributed by atoms with Gasteiger partial charge in [0.2, 0.25) is 0 Å². The second-order valence-corrected chi connectivity index (χ2v) is 5.83. The van der Waals surface area contributed by atoms with Crippen LogP contribution in [-0.4, -0.2) is 23.0 Å². The molecule has 1 atom stereocenters. The standard InChI is InChI=1S/C17H23N3/c1-4-20-9-8-15-14(10-20)16(12(3)18)13-7-5-6-11(2)17(13)19-15/h5-7,12H,4,8-10,18H2,1-3H3.